The fraction of sp³-hybridized carbons (Fsp3) is 0.227. The van der Waals surface area contributed by atoms with Crippen molar-refractivity contribution >= 4 is 17.0 Å². The molecular formula is C22H20N4O2. The van der Waals surface area contributed by atoms with Crippen LogP contribution in [0, 0.1) is 0 Å². The Morgan fingerprint density at radius 2 is 2.07 bits per heavy atom. The third-order valence-electron chi connectivity index (χ3n) is 5.05. The highest BCUT2D eigenvalue weighted by Crippen LogP contribution is 2.40. The van der Waals surface area contributed by atoms with E-state index in [-0.39, 0.29) is 11.9 Å². The van der Waals surface area contributed by atoms with Gasteiger partial charge in [-0.1, -0.05) is 30.3 Å². The lowest BCUT2D eigenvalue weighted by atomic mass is 10.1. The molecule has 0 aliphatic heterocycles. The summed E-state index contributed by atoms with van der Waals surface area (Å²) < 4.78 is 7.81. The van der Waals surface area contributed by atoms with E-state index < -0.39 is 0 Å². The normalized spacial score (nSPS) is 14.9. The molecule has 1 aliphatic carbocycles. The second-order valence-corrected chi connectivity index (χ2v) is 7.21. The number of rotatable bonds is 6. The highest BCUT2D eigenvalue weighted by molar-refractivity contribution is 5.97. The van der Waals surface area contributed by atoms with E-state index in [0.717, 1.165) is 29.8 Å². The van der Waals surface area contributed by atoms with E-state index in [0.29, 0.717) is 23.6 Å². The van der Waals surface area contributed by atoms with E-state index in [1.165, 1.54) is 0 Å². The molecule has 0 bridgehead atoms. The Morgan fingerprint density at radius 1 is 1.21 bits per heavy atom. The average molecular weight is 372 g/mol. The molecule has 0 saturated heterocycles. The molecule has 140 valence electrons. The van der Waals surface area contributed by atoms with Gasteiger partial charge < -0.3 is 14.3 Å². The van der Waals surface area contributed by atoms with Crippen LogP contribution in [-0.2, 0) is 6.54 Å². The van der Waals surface area contributed by atoms with Crippen LogP contribution in [-0.4, -0.2) is 20.4 Å². The van der Waals surface area contributed by atoms with Gasteiger partial charge in [-0.2, -0.15) is 0 Å². The van der Waals surface area contributed by atoms with Crippen molar-refractivity contribution in [2.45, 2.75) is 31.3 Å². The van der Waals surface area contributed by atoms with Gasteiger partial charge in [0.15, 0.2) is 11.5 Å². The highest BCUT2D eigenvalue weighted by atomic mass is 16.3. The van der Waals surface area contributed by atoms with E-state index in [9.17, 15) is 4.79 Å². The van der Waals surface area contributed by atoms with Crippen molar-refractivity contribution in [3.8, 4) is 0 Å². The topological polar surface area (TPSA) is 73.0 Å². The summed E-state index contributed by atoms with van der Waals surface area (Å²) in [7, 11) is 0. The number of amides is 1. The third-order valence-corrected chi connectivity index (χ3v) is 5.05. The Hall–Kier alpha value is -3.41. The predicted octanol–water partition coefficient (Wildman–Crippen LogP) is 4.07. The minimum atomic E-state index is -0.171. The van der Waals surface area contributed by atoms with E-state index in [2.05, 4.69) is 15.3 Å². The molecule has 1 atom stereocenters. The number of hydrogen-bond acceptors (Lipinski definition) is 4. The van der Waals surface area contributed by atoms with Crippen molar-refractivity contribution in [3.63, 3.8) is 0 Å². The minimum Gasteiger partial charge on any atom is -0.440 e. The number of hydrogen-bond donors (Lipinski definition) is 1. The Labute approximate surface area is 162 Å². The lowest BCUT2D eigenvalue weighted by Crippen LogP contribution is -2.31. The van der Waals surface area contributed by atoms with Crippen molar-refractivity contribution in [2.24, 2.45) is 0 Å². The van der Waals surface area contributed by atoms with Gasteiger partial charge in [0.25, 0.3) is 5.91 Å². The van der Waals surface area contributed by atoms with Crippen LogP contribution in [0.3, 0.4) is 0 Å². The van der Waals surface area contributed by atoms with Gasteiger partial charge in [0.2, 0.25) is 0 Å². The summed E-state index contributed by atoms with van der Waals surface area (Å²) in [5.41, 5.74) is 3.08. The van der Waals surface area contributed by atoms with Gasteiger partial charge in [-0.05, 0) is 36.6 Å². The van der Waals surface area contributed by atoms with Crippen LogP contribution in [0.4, 0.5) is 0 Å². The van der Waals surface area contributed by atoms with E-state index in [1.807, 2.05) is 47.2 Å². The number of imidazole rings is 1. The van der Waals surface area contributed by atoms with Crippen LogP contribution in [0.1, 0.15) is 46.6 Å². The molecular weight excluding hydrogens is 352 g/mol. The van der Waals surface area contributed by atoms with Gasteiger partial charge in [0, 0.05) is 30.4 Å². The maximum atomic E-state index is 13.0. The van der Waals surface area contributed by atoms with Gasteiger partial charge >= 0.3 is 0 Å². The second kappa shape index (κ2) is 6.96. The second-order valence-electron chi connectivity index (χ2n) is 7.21. The fourth-order valence-corrected chi connectivity index (χ4v) is 3.36. The summed E-state index contributed by atoms with van der Waals surface area (Å²) in [4.78, 5) is 21.6. The molecule has 2 heterocycles. The lowest BCUT2D eigenvalue weighted by Gasteiger charge is -2.20. The quantitative estimate of drug-likeness (QED) is 0.554. The molecule has 1 N–H and O–H groups in total. The number of benzene rings is 2. The molecule has 4 aromatic rings. The first-order valence-corrected chi connectivity index (χ1v) is 9.48. The number of carbonyl (C=O) groups excluding carboxylic acids is 1. The fourth-order valence-electron chi connectivity index (χ4n) is 3.36. The molecule has 1 aliphatic rings. The first kappa shape index (κ1) is 16.7. The Morgan fingerprint density at radius 3 is 2.82 bits per heavy atom. The van der Waals surface area contributed by atoms with Gasteiger partial charge in [0.1, 0.15) is 5.52 Å². The summed E-state index contributed by atoms with van der Waals surface area (Å²) in [6, 6.07) is 15.2. The highest BCUT2D eigenvalue weighted by Gasteiger charge is 2.29. The third kappa shape index (κ3) is 3.41. The molecule has 2 aromatic carbocycles. The summed E-state index contributed by atoms with van der Waals surface area (Å²) in [6.45, 7) is 0.603. The van der Waals surface area contributed by atoms with Crippen LogP contribution in [0.25, 0.3) is 11.1 Å². The van der Waals surface area contributed by atoms with Crippen LogP contribution in [0.15, 0.2) is 71.7 Å². The van der Waals surface area contributed by atoms with Crippen molar-refractivity contribution in [1.82, 2.24) is 19.9 Å². The molecule has 0 spiro atoms. The Bertz CT molecular complexity index is 1100. The Balaban J connectivity index is 1.40. The largest absolute Gasteiger partial charge is 0.440 e. The predicted molar refractivity (Wildman–Crippen MR) is 105 cm³/mol. The summed E-state index contributed by atoms with van der Waals surface area (Å²) in [6.07, 6.45) is 7.64. The van der Waals surface area contributed by atoms with Crippen molar-refractivity contribution in [2.75, 3.05) is 0 Å². The van der Waals surface area contributed by atoms with Crippen molar-refractivity contribution < 1.29 is 9.21 Å². The van der Waals surface area contributed by atoms with Gasteiger partial charge in [0.05, 0.1) is 12.4 Å². The van der Waals surface area contributed by atoms with Crippen molar-refractivity contribution in [1.29, 1.82) is 0 Å². The molecule has 0 radical (unpaired) electrons. The molecule has 6 heteroatoms. The van der Waals surface area contributed by atoms with E-state index in [1.54, 1.807) is 24.7 Å². The molecule has 1 unspecified atom stereocenters. The van der Waals surface area contributed by atoms with E-state index in [4.69, 9.17) is 4.42 Å². The van der Waals surface area contributed by atoms with Crippen LogP contribution < -0.4 is 5.32 Å². The van der Waals surface area contributed by atoms with Gasteiger partial charge in [-0.15, -0.1) is 0 Å². The summed E-state index contributed by atoms with van der Waals surface area (Å²) in [5, 5.41) is 3.14. The number of carbonyl (C=O) groups is 1. The minimum absolute atomic E-state index is 0.139. The first-order valence-electron chi connectivity index (χ1n) is 9.48. The number of nitrogens with one attached hydrogen (secondary N) is 1. The summed E-state index contributed by atoms with van der Waals surface area (Å²) in [5.74, 6) is 1.09. The molecule has 6 nitrogen and oxygen atoms in total. The number of fused-ring (bicyclic) bond motifs is 1. The standard InChI is InChI=1S/C22H20N4O2/c27-21(17-8-9-18-20(12-17)28-22(25-18)16-6-7-16)24-19(13-26-11-10-23-14-26)15-4-2-1-3-5-15/h1-5,8-12,14,16,19H,6-7,13H2,(H,24,27). The van der Waals surface area contributed by atoms with Crippen LogP contribution in [0.2, 0.25) is 0 Å². The number of nitrogens with zero attached hydrogens (tertiary/aromatic N) is 3. The first-order chi connectivity index (χ1) is 13.8. The Kier molecular flexibility index (Phi) is 4.16. The molecule has 2 aromatic heterocycles. The van der Waals surface area contributed by atoms with Crippen molar-refractivity contribution in [3.05, 3.63) is 84.3 Å². The zero-order valence-electron chi connectivity index (χ0n) is 15.3. The molecule has 1 fully saturated rings. The molecule has 1 amide bonds. The summed E-state index contributed by atoms with van der Waals surface area (Å²) >= 11 is 0. The number of oxazole rings is 1. The average Bonchev–Trinajstić information content (AvgIpc) is 3.28. The maximum Gasteiger partial charge on any atom is 0.251 e. The van der Waals surface area contributed by atoms with Gasteiger partial charge in [-0.3, -0.25) is 4.79 Å². The monoisotopic (exact) mass is 372 g/mol. The lowest BCUT2D eigenvalue weighted by molar-refractivity contribution is 0.0932. The smallest absolute Gasteiger partial charge is 0.251 e. The maximum absolute atomic E-state index is 13.0. The zero-order valence-corrected chi connectivity index (χ0v) is 15.3. The number of aromatic nitrogens is 3. The van der Waals surface area contributed by atoms with Crippen LogP contribution >= 0.6 is 0 Å². The van der Waals surface area contributed by atoms with Gasteiger partial charge in [-0.25, -0.2) is 9.97 Å². The van der Waals surface area contributed by atoms with Crippen LogP contribution in [0.5, 0.6) is 0 Å². The van der Waals surface area contributed by atoms with E-state index >= 15 is 0 Å². The molecule has 1 saturated carbocycles. The molecule has 28 heavy (non-hydrogen) atoms. The molecule has 5 rings (SSSR count). The zero-order chi connectivity index (χ0) is 18.9. The SMILES string of the molecule is O=C(NC(Cn1ccnc1)c1ccccc1)c1ccc2nc(C3CC3)oc2c1.